The molecule has 1 aliphatic carbocycles. The Hall–Kier alpha value is -1.55. The Morgan fingerprint density at radius 2 is 2.00 bits per heavy atom. The van der Waals surface area contributed by atoms with Crippen LogP contribution in [0.3, 0.4) is 0 Å². The van der Waals surface area contributed by atoms with E-state index in [-0.39, 0.29) is 18.7 Å². The molecule has 1 aliphatic heterocycles. The van der Waals surface area contributed by atoms with Crippen molar-refractivity contribution >= 4 is 11.7 Å². The van der Waals surface area contributed by atoms with Crippen LogP contribution >= 0.6 is 0 Å². The van der Waals surface area contributed by atoms with Gasteiger partial charge in [0.05, 0.1) is 0 Å². The van der Waals surface area contributed by atoms with Gasteiger partial charge in [-0.2, -0.15) is 0 Å². The maximum absolute atomic E-state index is 12.2. The minimum Gasteiger partial charge on any atom is -0.396 e. The van der Waals surface area contributed by atoms with Crippen molar-refractivity contribution in [3.63, 3.8) is 0 Å². The van der Waals surface area contributed by atoms with E-state index in [4.69, 9.17) is 5.11 Å². The fourth-order valence-electron chi connectivity index (χ4n) is 2.52. The summed E-state index contributed by atoms with van der Waals surface area (Å²) >= 11 is 0. The number of anilines is 1. The second kappa shape index (κ2) is 4.04. The van der Waals surface area contributed by atoms with Crippen molar-refractivity contribution in [2.75, 3.05) is 24.6 Å². The average Bonchev–Trinajstić information content (AvgIpc) is 3.06. The molecule has 17 heavy (non-hydrogen) atoms. The molecule has 1 heterocycles. The number of aliphatic hydroxyl groups excluding tert-OH is 1. The van der Waals surface area contributed by atoms with Gasteiger partial charge in [0, 0.05) is 37.3 Å². The Labute approximate surface area is 100 Å². The van der Waals surface area contributed by atoms with Crippen molar-refractivity contribution in [1.29, 1.82) is 0 Å². The van der Waals surface area contributed by atoms with E-state index in [2.05, 4.69) is 0 Å². The third-order valence-electron chi connectivity index (χ3n) is 3.63. The molecule has 2 unspecified atom stereocenters. The van der Waals surface area contributed by atoms with Gasteiger partial charge in [0.15, 0.2) is 0 Å². The quantitative estimate of drug-likeness (QED) is 0.854. The van der Waals surface area contributed by atoms with Crippen LogP contribution in [-0.4, -0.2) is 41.8 Å². The van der Waals surface area contributed by atoms with Gasteiger partial charge in [-0.25, -0.2) is 4.79 Å². The van der Waals surface area contributed by atoms with Crippen LogP contribution in [-0.2, 0) is 0 Å². The van der Waals surface area contributed by atoms with Crippen molar-refractivity contribution in [2.24, 2.45) is 5.92 Å². The third kappa shape index (κ3) is 1.78. The summed E-state index contributed by atoms with van der Waals surface area (Å²) in [5.74, 6) is 0.301. The zero-order valence-electron chi connectivity index (χ0n) is 9.62. The van der Waals surface area contributed by atoms with Crippen LogP contribution in [0.25, 0.3) is 0 Å². The molecule has 1 aromatic carbocycles. The van der Waals surface area contributed by atoms with Crippen LogP contribution in [0.5, 0.6) is 0 Å². The number of hydrogen-bond acceptors (Lipinski definition) is 2. The molecule has 0 aromatic heterocycles. The molecule has 4 heteroatoms. The maximum atomic E-state index is 12.2. The SMILES string of the molecule is O=C1N(c2ccccc2)CCN1C1CC1CO. The van der Waals surface area contributed by atoms with Crippen molar-refractivity contribution in [1.82, 2.24) is 4.90 Å². The Kier molecular flexibility index (Phi) is 2.52. The van der Waals surface area contributed by atoms with E-state index in [1.165, 1.54) is 0 Å². The number of para-hydroxylation sites is 1. The molecule has 2 atom stereocenters. The molecule has 2 aliphatic rings. The number of carbonyl (C=O) groups excluding carboxylic acids is 1. The van der Waals surface area contributed by atoms with Gasteiger partial charge in [0.25, 0.3) is 0 Å². The summed E-state index contributed by atoms with van der Waals surface area (Å²) in [6.45, 7) is 1.71. The molecule has 1 N–H and O–H groups in total. The van der Waals surface area contributed by atoms with E-state index >= 15 is 0 Å². The summed E-state index contributed by atoms with van der Waals surface area (Å²) in [6, 6.07) is 10.1. The fourth-order valence-corrected chi connectivity index (χ4v) is 2.52. The number of amides is 2. The summed E-state index contributed by atoms with van der Waals surface area (Å²) in [4.78, 5) is 15.9. The Morgan fingerprint density at radius 3 is 2.65 bits per heavy atom. The highest BCUT2D eigenvalue weighted by atomic mass is 16.3. The van der Waals surface area contributed by atoms with Crippen LogP contribution in [0.1, 0.15) is 6.42 Å². The minimum absolute atomic E-state index is 0.0807. The molecule has 0 bridgehead atoms. The summed E-state index contributed by atoms with van der Waals surface area (Å²) in [7, 11) is 0. The van der Waals surface area contributed by atoms with E-state index in [0.717, 1.165) is 25.2 Å². The standard InChI is InChI=1S/C13H16N2O2/c16-9-10-8-12(10)15-7-6-14(13(15)17)11-4-2-1-3-5-11/h1-5,10,12,16H,6-9H2. The van der Waals surface area contributed by atoms with Gasteiger partial charge < -0.3 is 10.0 Å². The van der Waals surface area contributed by atoms with Crippen LogP contribution in [0.4, 0.5) is 10.5 Å². The van der Waals surface area contributed by atoms with Crippen LogP contribution in [0.15, 0.2) is 30.3 Å². The average molecular weight is 232 g/mol. The first-order valence-electron chi connectivity index (χ1n) is 6.05. The fraction of sp³-hybridized carbons (Fsp3) is 0.462. The lowest BCUT2D eigenvalue weighted by Gasteiger charge is -2.18. The molecular formula is C13H16N2O2. The van der Waals surface area contributed by atoms with Crippen molar-refractivity contribution in [3.05, 3.63) is 30.3 Å². The normalized spacial score (nSPS) is 27.7. The molecule has 0 spiro atoms. The zero-order valence-corrected chi connectivity index (χ0v) is 9.62. The van der Waals surface area contributed by atoms with Gasteiger partial charge in [0.1, 0.15) is 0 Å². The summed E-state index contributed by atoms with van der Waals surface area (Å²) < 4.78 is 0. The van der Waals surface area contributed by atoms with Crippen molar-refractivity contribution in [2.45, 2.75) is 12.5 Å². The molecule has 1 aromatic rings. The molecule has 1 saturated carbocycles. The number of aliphatic hydroxyl groups is 1. The number of benzene rings is 1. The lowest BCUT2D eigenvalue weighted by Crippen LogP contribution is -2.34. The summed E-state index contributed by atoms with van der Waals surface area (Å²) in [6.07, 6.45) is 0.949. The van der Waals surface area contributed by atoms with Crippen molar-refractivity contribution in [3.8, 4) is 0 Å². The number of urea groups is 1. The largest absolute Gasteiger partial charge is 0.396 e. The van der Waals surface area contributed by atoms with Crippen molar-refractivity contribution < 1.29 is 9.90 Å². The number of hydrogen-bond donors (Lipinski definition) is 1. The molecule has 2 amide bonds. The van der Waals surface area contributed by atoms with Gasteiger partial charge in [-0.05, 0) is 18.6 Å². The Morgan fingerprint density at radius 1 is 1.24 bits per heavy atom. The summed E-state index contributed by atoms with van der Waals surface area (Å²) in [5.41, 5.74) is 0.959. The zero-order chi connectivity index (χ0) is 11.8. The van der Waals surface area contributed by atoms with Gasteiger partial charge in [0.2, 0.25) is 0 Å². The second-order valence-electron chi connectivity index (χ2n) is 4.71. The molecule has 0 radical (unpaired) electrons. The maximum Gasteiger partial charge on any atom is 0.324 e. The van der Waals surface area contributed by atoms with E-state index in [0.29, 0.717) is 5.92 Å². The number of nitrogens with zero attached hydrogens (tertiary/aromatic N) is 2. The van der Waals surface area contributed by atoms with Crippen LogP contribution in [0, 0.1) is 5.92 Å². The smallest absolute Gasteiger partial charge is 0.324 e. The Balaban J connectivity index is 1.73. The molecule has 2 fully saturated rings. The highest BCUT2D eigenvalue weighted by Crippen LogP contribution is 2.37. The van der Waals surface area contributed by atoms with E-state index < -0.39 is 0 Å². The van der Waals surface area contributed by atoms with Gasteiger partial charge in [-0.3, -0.25) is 4.90 Å². The first kappa shape index (κ1) is 10.6. The molecule has 3 rings (SSSR count). The molecular weight excluding hydrogens is 216 g/mol. The van der Waals surface area contributed by atoms with Crippen LogP contribution in [0.2, 0.25) is 0 Å². The van der Waals surface area contributed by atoms with Gasteiger partial charge in [-0.15, -0.1) is 0 Å². The van der Waals surface area contributed by atoms with Gasteiger partial charge >= 0.3 is 6.03 Å². The highest BCUT2D eigenvalue weighted by Gasteiger charge is 2.46. The summed E-state index contributed by atoms with van der Waals surface area (Å²) in [5, 5.41) is 9.05. The molecule has 4 nitrogen and oxygen atoms in total. The lowest BCUT2D eigenvalue weighted by molar-refractivity contribution is 0.208. The lowest BCUT2D eigenvalue weighted by atomic mass is 10.3. The molecule has 1 saturated heterocycles. The van der Waals surface area contributed by atoms with Gasteiger partial charge in [-0.1, -0.05) is 18.2 Å². The number of carbonyl (C=O) groups is 1. The first-order valence-corrected chi connectivity index (χ1v) is 6.05. The second-order valence-corrected chi connectivity index (χ2v) is 4.71. The Bertz CT molecular complexity index is 421. The van der Waals surface area contributed by atoms with E-state index in [9.17, 15) is 4.79 Å². The van der Waals surface area contributed by atoms with Crippen LogP contribution < -0.4 is 4.90 Å². The predicted octanol–water partition coefficient (Wildman–Crippen LogP) is 1.31. The first-order chi connectivity index (χ1) is 8.31. The highest BCUT2D eigenvalue weighted by molar-refractivity contribution is 5.94. The predicted molar refractivity (Wildman–Crippen MR) is 64.9 cm³/mol. The number of rotatable bonds is 3. The monoisotopic (exact) mass is 232 g/mol. The third-order valence-corrected chi connectivity index (χ3v) is 3.63. The minimum atomic E-state index is 0.0807. The topological polar surface area (TPSA) is 43.8 Å². The molecule has 90 valence electrons. The van der Waals surface area contributed by atoms with E-state index in [1.807, 2.05) is 40.1 Å². The van der Waals surface area contributed by atoms with E-state index in [1.54, 1.807) is 0 Å².